The van der Waals surface area contributed by atoms with Gasteiger partial charge in [-0.25, -0.2) is 0 Å². The van der Waals surface area contributed by atoms with E-state index in [0.717, 1.165) is 24.8 Å². The maximum Gasteiger partial charge on any atom is 0.308 e. The van der Waals surface area contributed by atoms with Crippen LogP contribution in [0.25, 0.3) is 0 Å². The van der Waals surface area contributed by atoms with Crippen molar-refractivity contribution in [2.75, 3.05) is 20.3 Å². The number of benzene rings is 1. The monoisotopic (exact) mass is 403 g/mol. The topological polar surface area (TPSA) is 105 Å². The molecule has 3 N–H and O–H groups in total. The third-order valence-electron chi connectivity index (χ3n) is 4.77. The number of rotatable bonds is 7. The maximum absolute atomic E-state index is 11.8. The molecule has 1 amide bonds. The van der Waals surface area contributed by atoms with Crippen LogP contribution in [0, 0.1) is 11.8 Å². The van der Waals surface area contributed by atoms with Gasteiger partial charge in [0.15, 0.2) is 11.5 Å². The van der Waals surface area contributed by atoms with Crippen molar-refractivity contribution in [2.45, 2.75) is 57.5 Å². The summed E-state index contributed by atoms with van der Waals surface area (Å²) in [6.07, 6.45) is 4.82. The second kappa shape index (κ2) is 10.8. The van der Waals surface area contributed by atoms with Gasteiger partial charge in [0.05, 0.1) is 19.3 Å². The highest BCUT2D eigenvalue weighted by Crippen LogP contribution is 2.34. The van der Waals surface area contributed by atoms with E-state index in [1.54, 1.807) is 12.1 Å². The van der Waals surface area contributed by atoms with E-state index in [1.165, 1.54) is 14.0 Å². The van der Waals surface area contributed by atoms with E-state index in [4.69, 9.17) is 14.6 Å². The molecule has 1 fully saturated rings. The minimum Gasteiger partial charge on any atom is -0.493 e. The fourth-order valence-corrected chi connectivity index (χ4v) is 3.28. The van der Waals surface area contributed by atoms with E-state index in [2.05, 4.69) is 17.2 Å². The largest absolute Gasteiger partial charge is 0.493 e. The standard InChI is InChI=1S/C22H29NO6/c1-16(25)29-21-18(8-11-22(27)9-4-3-5-10-22)14-17(15-19(21)28-2)6-7-20(26)23-12-13-24/h14-15,24,27H,3-7,9-10,12-13H2,1-2H3,(H,23,26). The van der Waals surface area contributed by atoms with Crippen molar-refractivity contribution in [2.24, 2.45) is 0 Å². The summed E-state index contributed by atoms with van der Waals surface area (Å²) in [7, 11) is 1.46. The molecule has 1 saturated carbocycles. The highest BCUT2D eigenvalue weighted by atomic mass is 16.6. The van der Waals surface area contributed by atoms with Crippen molar-refractivity contribution < 1.29 is 29.3 Å². The molecule has 0 aromatic heterocycles. The quantitative estimate of drug-likeness (QED) is 0.364. The molecule has 1 aromatic rings. The maximum atomic E-state index is 11.8. The number of aliphatic hydroxyl groups is 2. The summed E-state index contributed by atoms with van der Waals surface area (Å²) < 4.78 is 10.7. The lowest BCUT2D eigenvalue weighted by Crippen LogP contribution is -2.29. The summed E-state index contributed by atoms with van der Waals surface area (Å²) in [5.74, 6) is 5.80. The summed E-state index contributed by atoms with van der Waals surface area (Å²) >= 11 is 0. The summed E-state index contributed by atoms with van der Waals surface area (Å²) in [6, 6.07) is 3.46. The van der Waals surface area contributed by atoms with Crippen LogP contribution < -0.4 is 14.8 Å². The molecule has 158 valence electrons. The van der Waals surface area contributed by atoms with Crippen LogP contribution in [0.3, 0.4) is 0 Å². The van der Waals surface area contributed by atoms with Crippen LogP contribution in [0.2, 0.25) is 0 Å². The molecule has 0 atom stereocenters. The number of nitrogens with one attached hydrogen (secondary N) is 1. The molecule has 0 saturated heterocycles. The Hall–Kier alpha value is -2.56. The summed E-state index contributed by atoms with van der Waals surface area (Å²) in [4.78, 5) is 23.4. The van der Waals surface area contributed by atoms with Crippen LogP contribution >= 0.6 is 0 Å². The summed E-state index contributed by atoms with van der Waals surface area (Å²) in [5, 5.41) is 22.1. The van der Waals surface area contributed by atoms with Crippen molar-refractivity contribution in [1.29, 1.82) is 0 Å². The molecule has 0 spiro atoms. The van der Waals surface area contributed by atoms with E-state index in [0.29, 0.717) is 30.6 Å². The van der Waals surface area contributed by atoms with Gasteiger partial charge in [0.25, 0.3) is 0 Å². The molecule has 0 heterocycles. The number of hydrogen-bond donors (Lipinski definition) is 3. The second-order valence-electron chi connectivity index (χ2n) is 7.18. The van der Waals surface area contributed by atoms with Gasteiger partial charge in [-0.1, -0.05) is 18.3 Å². The van der Waals surface area contributed by atoms with Crippen LogP contribution in [0.15, 0.2) is 12.1 Å². The van der Waals surface area contributed by atoms with E-state index in [1.807, 2.05) is 0 Å². The third kappa shape index (κ3) is 7.08. The van der Waals surface area contributed by atoms with Gasteiger partial charge < -0.3 is 25.0 Å². The van der Waals surface area contributed by atoms with E-state index >= 15 is 0 Å². The first-order valence-corrected chi connectivity index (χ1v) is 9.89. The number of carbonyl (C=O) groups excluding carboxylic acids is 2. The van der Waals surface area contributed by atoms with Gasteiger partial charge in [-0.05, 0) is 49.8 Å². The fourth-order valence-electron chi connectivity index (χ4n) is 3.28. The zero-order chi connectivity index (χ0) is 21.3. The molecule has 0 bridgehead atoms. The summed E-state index contributed by atoms with van der Waals surface area (Å²) in [6.45, 7) is 1.40. The SMILES string of the molecule is COc1cc(CCC(=O)NCCO)cc(C#CC2(O)CCCCC2)c1OC(C)=O. The van der Waals surface area contributed by atoms with Crippen LogP contribution in [0.1, 0.15) is 56.6 Å². The Morgan fingerprint density at radius 3 is 2.59 bits per heavy atom. The van der Waals surface area contributed by atoms with E-state index < -0.39 is 11.6 Å². The van der Waals surface area contributed by atoms with Crippen molar-refractivity contribution in [3.05, 3.63) is 23.3 Å². The molecule has 0 aliphatic heterocycles. The van der Waals surface area contributed by atoms with Gasteiger partial charge in [-0.15, -0.1) is 0 Å². The number of hydrogen-bond acceptors (Lipinski definition) is 6. The normalized spacial score (nSPS) is 15.0. The first-order valence-electron chi connectivity index (χ1n) is 9.89. The molecule has 1 aliphatic carbocycles. The molecule has 2 rings (SSSR count). The lowest BCUT2D eigenvalue weighted by atomic mass is 9.85. The Morgan fingerprint density at radius 1 is 1.24 bits per heavy atom. The highest BCUT2D eigenvalue weighted by Gasteiger charge is 2.27. The molecule has 0 radical (unpaired) electrons. The van der Waals surface area contributed by atoms with Crippen molar-refractivity contribution >= 4 is 11.9 Å². The first-order chi connectivity index (χ1) is 13.9. The average Bonchev–Trinajstić information content (AvgIpc) is 2.70. The molecule has 7 heteroatoms. The van der Waals surface area contributed by atoms with Gasteiger partial charge in [0.1, 0.15) is 5.60 Å². The Labute approximate surface area is 171 Å². The van der Waals surface area contributed by atoms with Crippen LogP contribution in [-0.2, 0) is 16.0 Å². The van der Waals surface area contributed by atoms with Crippen LogP contribution in [-0.4, -0.2) is 48.0 Å². The summed E-state index contributed by atoms with van der Waals surface area (Å²) in [5.41, 5.74) is 0.181. The van der Waals surface area contributed by atoms with E-state index in [9.17, 15) is 14.7 Å². The molecule has 29 heavy (non-hydrogen) atoms. The molecule has 0 unspecified atom stereocenters. The molecule has 1 aliphatic rings. The van der Waals surface area contributed by atoms with Gasteiger partial charge in [0, 0.05) is 19.9 Å². The lowest BCUT2D eigenvalue weighted by molar-refractivity contribution is -0.132. The minimum atomic E-state index is -1.04. The van der Waals surface area contributed by atoms with Crippen molar-refractivity contribution in [1.82, 2.24) is 5.32 Å². The molecule has 1 aromatic carbocycles. The number of ether oxygens (including phenoxy) is 2. The Bertz CT molecular complexity index is 786. The Balaban J connectivity index is 2.32. The predicted molar refractivity (Wildman–Crippen MR) is 108 cm³/mol. The van der Waals surface area contributed by atoms with Gasteiger partial charge in [0.2, 0.25) is 5.91 Å². The van der Waals surface area contributed by atoms with Crippen molar-refractivity contribution in [3.63, 3.8) is 0 Å². The number of aryl methyl sites for hydroxylation is 1. The zero-order valence-electron chi connectivity index (χ0n) is 17.0. The third-order valence-corrected chi connectivity index (χ3v) is 4.77. The van der Waals surface area contributed by atoms with E-state index in [-0.39, 0.29) is 31.2 Å². The first kappa shape index (κ1) is 22.7. The molecular formula is C22H29NO6. The second-order valence-corrected chi connectivity index (χ2v) is 7.18. The van der Waals surface area contributed by atoms with Crippen molar-refractivity contribution in [3.8, 4) is 23.3 Å². The fraction of sp³-hybridized carbons (Fsp3) is 0.545. The van der Waals surface area contributed by atoms with Crippen LogP contribution in [0.5, 0.6) is 11.5 Å². The number of aliphatic hydroxyl groups excluding tert-OH is 1. The Kier molecular flexibility index (Phi) is 8.50. The van der Waals surface area contributed by atoms with Gasteiger partial charge in [-0.2, -0.15) is 0 Å². The number of amides is 1. The lowest BCUT2D eigenvalue weighted by Gasteiger charge is -2.26. The smallest absolute Gasteiger partial charge is 0.308 e. The zero-order valence-corrected chi connectivity index (χ0v) is 17.0. The number of esters is 1. The molecular weight excluding hydrogens is 374 g/mol. The number of methoxy groups -OCH3 is 1. The average molecular weight is 403 g/mol. The van der Waals surface area contributed by atoms with Gasteiger partial charge >= 0.3 is 5.97 Å². The highest BCUT2D eigenvalue weighted by molar-refractivity contribution is 5.76. The number of carbonyl (C=O) groups is 2. The predicted octanol–water partition coefficient (Wildman–Crippen LogP) is 1.71. The Morgan fingerprint density at radius 2 is 1.97 bits per heavy atom. The molecule has 7 nitrogen and oxygen atoms in total. The van der Waals surface area contributed by atoms with Gasteiger partial charge in [-0.3, -0.25) is 9.59 Å². The van der Waals surface area contributed by atoms with Crippen LogP contribution in [0.4, 0.5) is 0 Å². The minimum absolute atomic E-state index is 0.112.